The van der Waals surface area contributed by atoms with Gasteiger partial charge in [0, 0.05) is 6.42 Å². The van der Waals surface area contributed by atoms with Crippen molar-refractivity contribution < 1.29 is 14.7 Å². The van der Waals surface area contributed by atoms with Gasteiger partial charge >= 0.3 is 5.97 Å². The zero-order chi connectivity index (χ0) is 6.57. The van der Waals surface area contributed by atoms with Gasteiger partial charge in [-0.1, -0.05) is 0 Å². The summed E-state index contributed by atoms with van der Waals surface area (Å²) in [6, 6.07) is 0. The summed E-state index contributed by atoms with van der Waals surface area (Å²) in [4.78, 5) is 19.4. The summed E-state index contributed by atoms with van der Waals surface area (Å²) in [6.07, 6.45) is -0.419. The Labute approximate surface area is 46.3 Å². The highest BCUT2D eigenvalue weighted by molar-refractivity contribution is 5.78. The molecule has 4 heteroatoms. The van der Waals surface area contributed by atoms with E-state index in [1.54, 1.807) is 0 Å². The molecule has 4 nitrogen and oxygen atoms in total. The minimum absolute atomic E-state index is 0.137. The third kappa shape index (κ3) is 4.94. The van der Waals surface area contributed by atoms with Crippen molar-refractivity contribution in [1.82, 2.24) is 0 Å². The topological polar surface area (TPSA) is 80.1 Å². The fourth-order valence-electron chi connectivity index (χ4n) is 0.225. The van der Waals surface area contributed by atoms with E-state index in [-0.39, 0.29) is 12.8 Å². The molecule has 0 fully saturated rings. The molecule has 2 N–H and O–H groups in total. The number of primary amides is 1. The number of hydrogen-bond donors (Lipinski definition) is 1. The normalized spacial score (nSPS) is 8.50. The zero-order valence-corrected chi connectivity index (χ0v) is 4.22. The first kappa shape index (κ1) is 6.94. The Morgan fingerprint density at radius 1 is 1.25 bits per heavy atom. The van der Waals surface area contributed by atoms with Crippen molar-refractivity contribution in [3.8, 4) is 0 Å². The van der Waals surface area contributed by atoms with Gasteiger partial charge in [-0.05, 0) is 0 Å². The average Bonchev–Trinajstić information content (AvgIpc) is 1.61. The molecule has 0 saturated heterocycles. The Morgan fingerprint density at radius 3 is 1.88 bits per heavy atom. The van der Waals surface area contributed by atoms with Crippen LogP contribution in [-0.4, -0.2) is 11.9 Å². The molecule has 0 rings (SSSR count). The first-order valence-corrected chi connectivity index (χ1v) is 2.11. The Morgan fingerprint density at radius 2 is 1.75 bits per heavy atom. The molecule has 8 heavy (non-hydrogen) atoms. The van der Waals surface area contributed by atoms with E-state index in [2.05, 4.69) is 5.73 Å². The number of amides is 1. The van der Waals surface area contributed by atoms with E-state index in [9.17, 15) is 14.7 Å². The first-order chi connectivity index (χ1) is 3.63. The third-order valence-corrected chi connectivity index (χ3v) is 0.576. The lowest BCUT2D eigenvalue weighted by molar-refractivity contribution is -0.144. The summed E-state index contributed by atoms with van der Waals surface area (Å²) >= 11 is 0. The average molecular weight is 116 g/mol. The summed E-state index contributed by atoms with van der Waals surface area (Å²) in [5, 5.41) is 9.58. The highest BCUT2D eigenvalue weighted by atomic mass is 16.4. The minimum Gasteiger partial charge on any atom is -0.370 e. The van der Waals surface area contributed by atoms with Crippen LogP contribution in [0.1, 0.15) is 12.8 Å². The van der Waals surface area contributed by atoms with E-state index >= 15 is 0 Å². The largest absolute Gasteiger partial charge is 0.370 e. The van der Waals surface area contributed by atoms with Gasteiger partial charge in [0.2, 0.25) is 5.91 Å². The third-order valence-electron chi connectivity index (χ3n) is 0.576. The van der Waals surface area contributed by atoms with Gasteiger partial charge in [0.15, 0.2) is 0 Å². The zero-order valence-electron chi connectivity index (χ0n) is 4.22. The Bertz CT molecular complexity index is 95.9. The molecule has 0 saturated carbocycles. The molecule has 0 spiro atoms. The molecule has 0 unspecified atom stereocenters. The van der Waals surface area contributed by atoms with E-state index in [4.69, 9.17) is 0 Å². The summed E-state index contributed by atoms with van der Waals surface area (Å²) in [6.45, 7) is 0. The second kappa shape index (κ2) is 3.01. The maximum atomic E-state index is 9.83. The van der Waals surface area contributed by atoms with E-state index in [0.717, 1.165) is 0 Å². The standard InChI is InChI=1S/C4H6NO3/c5-3(6)1-2-4(7)8/h1-2H2,(H2,5,6). The van der Waals surface area contributed by atoms with Crippen molar-refractivity contribution in [3.63, 3.8) is 0 Å². The lowest BCUT2D eigenvalue weighted by Crippen LogP contribution is -2.11. The van der Waals surface area contributed by atoms with E-state index in [0.29, 0.717) is 0 Å². The molecule has 0 aliphatic rings. The lowest BCUT2D eigenvalue weighted by Gasteiger charge is -1.83. The van der Waals surface area contributed by atoms with Crippen LogP contribution in [0.15, 0.2) is 0 Å². The van der Waals surface area contributed by atoms with Crippen molar-refractivity contribution in [3.05, 3.63) is 0 Å². The van der Waals surface area contributed by atoms with Crippen molar-refractivity contribution in [1.29, 1.82) is 0 Å². The molecule has 0 aromatic heterocycles. The first-order valence-electron chi connectivity index (χ1n) is 2.11. The molecule has 0 heterocycles. The Balaban J connectivity index is 3.18. The van der Waals surface area contributed by atoms with Gasteiger partial charge in [0.25, 0.3) is 0 Å². The number of nitrogens with two attached hydrogens (primary N) is 1. The van der Waals surface area contributed by atoms with Gasteiger partial charge in [0.05, 0.1) is 6.42 Å². The second-order valence-corrected chi connectivity index (χ2v) is 1.34. The molecule has 0 aromatic rings. The van der Waals surface area contributed by atoms with Crippen molar-refractivity contribution >= 4 is 11.9 Å². The van der Waals surface area contributed by atoms with Crippen LogP contribution in [0.3, 0.4) is 0 Å². The van der Waals surface area contributed by atoms with Gasteiger partial charge in [-0.15, -0.1) is 0 Å². The van der Waals surface area contributed by atoms with Crippen LogP contribution >= 0.6 is 0 Å². The number of carbonyl (C=O) groups is 2. The predicted molar refractivity (Wildman–Crippen MR) is 24.1 cm³/mol. The fraction of sp³-hybridized carbons (Fsp3) is 0.500. The smallest absolute Gasteiger partial charge is 0.356 e. The molecule has 0 aliphatic carbocycles. The summed E-state index contributed by atoms with van der Waals surface area (Å²) in [7, 11) is 0. The number of carbonyl (C=O) groups excluding carboxylic acids is 2. The minimum atomic E-state index is -1.25. The van der Waals surface area contributed by atoms with E-state index in [1.165, 1.54) is 0 Å². The number of hydrogen-bond acceptors (Lipinski definition) is 2. The van der Waals surface area contributed by atoms with Gasteiger partial charge < -0.3 is 5.73 Å². The molecule has 1 amide bonds. The van der Waals surface area contributed by atoms with Crippen LogP contribution in [-0.2, 0) is 14.7 Å². The SMILES string of the molecule is NC(=O)CCC([O])=O. The highest BCUT2D eigenvalue weighted by Gasteiger charge is 2.00. The highest BCUT2D eigenvalue weighted by Crippen LogP contribution is 1.84. The van der Waals surface area contributed by atoms with Crippen molar-refractivity contribution in [2.45, 2.75) is 12.8 Å². The van der Waals surface area contributed by atoms with Gasteiger partial charge in [0.1, 0.15) is 0 Å². The van der Waals surface area contributed by atoms with E-state index < -0.39 is 11.9 Å². The van der Waals surface area contributed by atoms with Crippen LogP contribution < -0.4 is 5.73 Å². The van der Waals surface area contributed by atoms with Gasteiger partial charge in [-0.25, -0.2) is 9.90 Å². The molecule has 0 aliphatic heterocycles. The molecule has 0 bridgehead atoms. The Kier molecular flexibility index (Phi) is 2.61. The number of rotatable bonds is 3. The van der Waals surface area contributed by atoms with Gasteiger partial charge in [-0.3, -0.25) is 4.79 Å². The summed E-state index contributed by atoms with van der Waals surface area (Å²) in [5.41, 5.74) is 4.61. The summed E-state index contributed by atoms with van der Waals surface area (Å²) < 4.78 is 0. The monoisotopic (exact) mass is 116 g/mol. The van der Waals surface area contributed by atoms with Crippen LogP contribution in [0.2, 0.25) is 0 Å². The lowest BCUT2D eigenvalue weighted by atomic mass is 10.3. The molecule has 0 atom stereocenters. The van der Waals surface area contributed by atoms with Crippen LogP contribution in [0.4, 0.5) is 0 Å². The van der Waals surface area contributed by atoms with Crippen LogP contribution in [0.25, 0.3) is 0 Å². The van der Waals surface area contributed by atoms with E-state index in [1.807, 2.05) is 0 Å². The molecular weight excluding hydrogens is 110 g/mol. The maximum Gasteiger partial charge on any atom is 0.356 e. The summed E-state index contributed by atoms with van der Waals surface area (Å²) in [5.74, 6) is -1.86. The molecule has 1 radical (unpaired) electrons. The molecule has 45 valence electrons. The van der Waals surface area contributed by atoms with Gasteiger partial charge in [-0.2, -0.15) is 0 Å². The van der Waals surface area contributed by atoms with Crippen molar-refractivity contribution in [2.24, 2.45) is 5.73 Å². The van der Waals surface area contributed by atoms with Crippen molar-refractivity contribution in [2.75, 3.05) is 0 Å². The molecular formula is C4H6NO3. The quantitative estimate of drug-likeness (QED) is 0.524. The second-order valence-electron chi connectivity index (χ2n) is 1.34. The Hall–Kier alpha value is -1.06. The molecule has 0 aromatic carbocycles. The van der Waals surface area contributed by atoms with Crippen LogP contribution in [0.5, 0.6) is 0 Å². The fourth-order valence-corrected chi connectivity index (χ4v) is 0.225. The maximum absolute atomic E-state index is 9.83. The van der Waals surface area contributed by atoms with Crippen LogP contribution in [0, 0.1) is 0 Å². The predicted octanol–water partition coefficient (Wildman–Crippen LogP) is -0.791.